The zero-order valence-electron chi connectivity index (χ0n) is 10.8. The molecule has 1 rings (SSSR count). The summed E-state index contributed by atoms with van der Waals surface area (Å²) < 4.78 is 23.7. The maximum atomic E-state index is 13.6. The number of hydrogen-bond donors (Lipinski definition) is 1. The Hall–Kier alpha value is -2.22. The molecule has 0 heterocycles. The van der Waals surface area contributed by atoms with Crippen molar-refractivity contribution in [1.29, 1.82) is 0 Å². The molecule has 20 heavy (non-hydrogen) atoms. The molecule has 0 fully saturated rings. The first-order valence-electron chi connectivity index (χ1n) is 5.89. The van der Waals surface area contributed by atoms with Crippen LogP contribution in [0.25, 0.3) is 0 Å². The number of aromatic carboxylic acids is 1. The molecule has 1 N–H and O–H groups in total. The SMILES string of the molecule is CCCOCCOc1cc(C(=O)O)c([N+](=O)[O-])cc1F. The van der Waals surface area contributed by atoms with Crippen LogP contribution in [-0.4, -0.2) is 35.8 Å². The number of ether oxygens (including phenoxy) is 2. The van der Waals surface area contributed by atoms with Crippen LogP contribution in [0, 0.1) is 15.9 Å². The molecular weight excluding hydrogens is 273 g/mol. The van der Waals surface area contributed by atoms with Crippen LogP contribution in [0.1, 0.15) is 23.7 Å². The first kappa shape index (κ1) is 15.8. The van der Waals surface area contributed by atoms with Gasteiger partial charge < -0.3 is 14.6 Å². The van der Waals surface area contributed by atoms with Crippen molar-refractivity contribution in [3.63, 3.8) is 0 Å². The molecule has 0 saturated heterocycles. The van der Waals surface area contributed by atoms with E-state index in [0.717, 1.165) is 12.5 Å². The normalized spacial score (nSPS) is 10.3. The van der Waals surface area contributed by atoms with Gasteiger partial charge >= 0.3 is 5.97 Å². The van der Waals surface area contributed by atoms with Crippen LogP contribution in [-0.2, 0) is 4.74 Å². The third kappa shape index (κ3) is 4.16. The van der Waals surface area contributed by atoms with Gasteiger partial charge in [-0.25, -0.2) is 9.18 Å². The Morgan fingerprint density at radius 2 is 2.10 bits per heavy atom. The monoisotopic (exact) mass is 287 g/mol. The van der Waals surface area contributed by atoms with Gasteiger partial charge in [0.05, 0.1) is 17.6 Å². The van der Waals surface area contributed by atoms with Crippen molar-refractivity contribution in [2.45, 2.75) is 13.3 Å². The van der Waals surface area contributed by atoms with Crippen LogP contribution in [0.5, 0.6) is 5.75 Å². The fourth-order valence-electron chi connectivity index (χ4n) is 1.43. The lowest BCUT2D eigenvalue weighted by Crippen LogP contribution is -2.10. The van der Waals surface area contributed by atoms with Crippen LogP contribution < -0.4 is 4.74 Å². The van der Waals surface area contributed by atoms with Crippen molar-refractivity contribution in [2.24, 2.45) is 0 Å². The fraction of sp³-hybridized carbons (Fsp3) is 0.417. The van der Waals surface area contributed by atoms with Crippen LogP contribution in [0.2, 0.25) is 0 Å². The predicted octanol–water partition coefficient (Wildman–Crippen LogP) is 2.24. The van der Waals surface area contributed by atoms with E-state index in [0.29, 0.717) is 12.7 Å². The summed E-state index contributed by atoms with van der Waals surface area (Å²) in [5, 5.41) is 19.5. The second-order valence-electron chi connectivity index (χ2n) is 3.82. The second kappa shape index (κ2) is 7.39. The molecule has 0 spiro atoms. The Morgan fingerprint density at radius 1 is 1.40 bits per heavy atom. The molecule has 0 aromatic heterocycles. The number of carboxylic acid groups (broad SMARTS) is 1. The first-order chi connectivity index (χ1) is 9.47. The largest absolute Gasteiger partial charge is 0.488 e. The Kier molecular flexibility index (Phi) is 5.85. The van der Waals surface area contributed by atoms with Gasteiger partial charge in [-0.15, -0.1) is 0 Å². The van der Waals surface area contributed by atoms with E-state index in [1.807, 2.05) is 6.92 Å². The minimum absolute atomic E-state index is 0.0216. The van der Waals surface area contributed by atoms with Crippen molar-refractivity contribution in [2.75, 3.05) is 19.8 Å². The number of nitrogens with zero attached hydrogens (tertiary/aromatic N) is 1. The molecule has 0 bridgehead atoms. The first-order valence-corrected chi connectivity index (χ1v) is 5.89. The maximum Gasteiger partial charge on any atom is 0.342 e. The van der Waals surface area contributed by atoms with Crippen molar-refractivity contribution in [1.82, 2.24) is 0 Å². The highest BCUT2D eigenvalue weighted by atomic mass is 19.1. The smallest absolute Gasteiger partial charge is 0.342 e. The van der Waals surface area contributed by atoms with Crippen LogP contribution >= 0.6 is 0 Å². The standard InChI is InChI=1S/C12H14FNO6/c1-2-3-19-4-5-20-11-6-8(12(15)16)10(14(17)18)7-9(11)13/h6-7H,2-5H2,1H3,(H,15,16). The molecule has 7 nitrogen and oxygen atoms in total. The van der Waals surface area contributed by atoms with Crippen molar-refractivity contribution >= 4 is 11.7 Å². The molecule has 0 saturated carbocycles. The van der Waals surface area contributed by atoms with Crippen molar-refractivity contribution in [3.8, 4) is 5.75 Å². The maximum absolute atomic E-state index is 13.6. The van der Waals surface area contributed by atoms with E-state index in [9.17, 15) is 19.3 Å². The fourth-order valence-corrected chi connectivity index (χ4v) is 1.43. The summed E-state index contributed by atoms with van der Waals surface area (Å²) in [6, 6.07) is 1.33. The summed E-state index contributed by atoms with van der Waals surface area (Å²) in [7, 11) is 0. The summed E-state index contributed by atoms with van der Waals surface area (Å²) in [5.74, 6) is -2.87. The van der Waals surface area contributed by atoms with Crippen LogP contribution in [0.4, 0.5) is 10.1 Å². The van der Waals surface area contributed by atoms with E-state index in [-0.39, 0.29) is 19.0 Å². The van der Waals surface area contributed by atoms with Gasteiger partial charge in [-0.3, -0.25) is 10.1 Å². The van der Waals surface area contributed by atoms with Crippen molar-refractivity contribution < 1.29 is 28.7 Å². The van der Waals surface area contributed by atoms with Gasteiger partial charge in [-0.1, -0.05) is 6.92 Å². The zero-order valence-corrected chi connectivity index (χ0v) is 10.8. The van der Waals surface area contributed by atoms with Gasteiger partial charge in [0.15, 0.2) is 11.6 Å². The van der Waals surface area contributed by atoms with E-state index < -0.39 is 28.0 Å². The molecule has 0 aliphatic carbocycles. The Labute approximate surface area is 114 Å². The van der Waals surface area contributed by atoms with Gasteiger partial charge in [0.25, 0.3) is 5.69 Å². The number of benzene rings is 1. The number of hydrogen-bond acceptors (Lipinski definition) is 5. The number of rotatable bonds is 8. The highest BCUT2D eigenvalue weighted by Crippen LogP contribution is 2.27. The van der Waals surface area contributed by atoms with Gasteiger partial charge in [0, 0.05) is 12.7 Å². The minimum Gasteiger partial charge on any atom is -0.488 e. The summed E-state index contributed by atoms with van der Waals surface area (Å²) >= 11 is 0. The summed E-state index contributed by atoms with van der Waals surface area (Å²) in [4.78, 5) is 20.6. The number of nitro benzene ring substituents is 1. The number of carboxylic acids is 1. The van der Waals surface area contributed by atoms with Crippen LogP contribution in [0.3, 0.4) is 0 Å². The van der Waals surface area contributed by atoms with E-state index in [1.165, 1.54) is 0 Å². The quantitative estimate of drug-likeness (QED) is 0.447. The lowest BCUT2D eigenvalue weighted by atomic mass is 10.1. The molecule has 1 aromatic rings. The lowest BCUT2D eigenvalue weighted by Gasteiger charge is -2.08. The lowest BCUT2D eigenvalue weighted by molar-refractivity contribution is -0.385. The summed E-state index contributed by atoms with van der Waals surface area (Å²) in [6.07, 6.45) is 0.828. The van der Waals surface area contributed by atoms with Crippen LogP contribution in [0.15, 0.2) is 12.1 Å². The van der Waals surface area contributed by atoms with E-state index in [2.05, 4.69) is 0 Å². The average molecular weight is 287 g/mol. The summed E-state index contributed by atoms with van der Waals surface area (Å²) in [6.45, 7) is 2.70. The highest BCUT2D eigenvalue weighted by Gasteiger charge is 2.23. The Balaban J connectivity index is 2.84. The Morgan fingerprint density at radius 3 is 2.65 bits per heavy atom. The van der Waals surface area contributed by atoms with E-state index >= 15 is 0 Å². The summed E-state index contributed by atoms with van der Waals surface area (Å²) in [5.41, 5.74) is -1.44. The topological polar surface area (TPSA) is 98.9 Å². The second-order valence-corrected chi connectivity index (χ2v) is 3.82. The number of halogens is 1. The number of nitro groups is 1. The third-order valence-corrected chi connectivity index (χ3v) is 2.31. The Bertz CT molecular complexity index is 505. The van der Waals surface area contributed by atoms with Crippen molar-refractivity contribution in [3.05, 3.63) is 33.6 Å². The predicted molar refractivity (Wildman–Crippen MR) is 66.6 cm³/mol. The molecule has 0 atom stereocenters. The molecule has 0 aliphatic heterocycles. The molecule has 0 unspecified atom stereocenters. The third-order valence-electron chi connectivity index (χ3n) is 2.31. The van der Waals surface area contributed by atoms with Gasteiger partial charge in [0.1, 0.15) is 12.2 Å². The molecule has 1 aromatic carbocycles. The van der Waals surface area contributed by atoms with E-state index in [1.54, 1.807) is 0 Å². The highest BCUT2D eigenvalue weighted by molar-refractivity contribution is 5.92. The average Bonchev–Trinajstić information content (AvgIpc) is 2.39. The van der Waals surface area contributed by atoms with Gasteiger partial charge in [-0.2, -0.15) is 0 Å². The molecule has 0 aliphatic rings. The molecular formula is C12H14FNO6. The molecule has 8 heteroatoms. The van der Waals surface area contributed by atoms with E-state index in [4.69, 9.17) is 14.6 Å². The molecule has 0 radical (unpaired) electrons. The minimum atomic E-state index is -1.52. The van der Waals surface area contributed by atoms with Gasteiger partial charge in [0.2, 0.25) is 0 Å². The van der Waals surface area contributed by atoms with Gasteiger partial charge in [-0.05, 0) is 6.42 Å². The molecule has 0 amide bonds. The number of carbonyl (C=O) groups is 1. The zero-order chi connectivity index (χ0) is 15.1. The molecule has 110 valence electrons.